The molecule has 322 valence electrons. The predicted octanol–water partition coefficient (Wildman–Crippen LogP) is 11.6. The van der Waals surface area contributed by atoms with E-state index >= 15 is 0 Å². The van der Waals surface area contributed by atoms with E-state index in [2.05, 4.69) is 50.3 Å². The Hall–Kier alpha value is -1.81. The van der Waals surface area contributed by atoms with E-state index in [-0.39, 0.29) is 12.8 Å². The summed E-state index contributed by atoms with van der Waals surface area (Å²) >= 11 is 0. The van der Waals surface area contributed by atoms with Gasteiger partial charge in [-0.25, -0.2) is 4.57 Å². The van der Waals surface area contributed by atoms with Gasteiger partial charge in [-0.15, -0.1) is 0 Å². The second-order valence-corrected chi connectivity index (χ2v) is 16.1. The highest BCUT2D eigenvalue weighted by molar-refractivity contribution is 7.47. The minimum absolute atomic E-state index is 0.178. The molecule has 0 bridgehead atoms. The smallest absolute Gasteiger partial charge is 0.457 e. The van der Waals surface area contributed by atoms with Crippen molar-refractivity contribution < 1.29 is 47.8 Å². The van der Waals surface area contributed by atoms with E-state index in [1.807, 2.05) is 0 Å². The van der Waals surface area contributed by atoms with E-state index in [9.17, 15) is 29.3 Å². The van der Waals surface area contributed by atoms with Gasteiger partial charge in [-0.1, -0.05) is 166 Å². The Labute approximate surface area is 335 Å². The van der Waals surface area contributed by atoms with Crippen LogP contribution in [0.4, 0.5) is 0 Å². The maximum atomic E-state index is 12.4. The summed E-state index contributed by atoms with van der Waals surface area (Å²) in [6, 6.07) is 0. The molecule has 0 fully saturated rings. The van der Waals surface area contributed by atoms with Gasteiger partial charge in [0.15, 0.2) is 0 Å². The number of allylic oxidation sites excluding steroid dienone is 6. The molecule has 0 spiro atoms. The molecule has 11 heteroatoms. The van der Waals surface area contributed by atoms with Crippen LogP contribution in [-0.2, 0) is 32.7 Å². The predicted molar refractivity (Wildman–Crippen MR) is 224 cm³/mol. The van der Waals surface area contributed by atoms with Crippen LogP contribution in [0.3, 0.4) is 0 Å². The molecule has 0 radical (unpaired) electrons. The number of hydrogen-bond acceptors (Lipinski definition) is 9. The van der Waals surface area contributed by atoms with Crippen LogP contribution in [0.2, 0.25) is 0 Å². The molecule has 0 heterocycles. The van der Waals surface area contributed by atoms with E-state index in [1.165, 1.54) is 83.5 Å². The number of unbranched alkanes of at least 4 members (excludes halogenated alkanes) is 21. The normalized spacial score (nSPS) is 14.2. The van der Waals surface area contributed by atoms with Gasteiger partial charge in [-0.3, -0.25) is 18.6 Å². The van der Waals surface area contributed by atoms with Crippen LogP contribution < -0.4 is 0 Å². The Morgan fingerprint density at radius 1 is 0.491 bits per heavy atom. The topological polar surface area (TPSA) is 149 Å². The zero-order chi connectivity index (χ0) is 40.5. The lowest BCUT2D eigenvalue weighted by Gasteiger charge is -2.20. The molecule has 55 heavy (non-hydrogen) atoms. The molecular formula is C44H81O10P. The Bertz CT molecular complexity index is 1010. The van der Waals surface area contributed by atoms with Gasteiger partial charge in [0.1, 0.15) is 12.2 Å². The van der Waals surface area contributed by atoms with Gasteiger partial charge in [0.2, 0.25) is 0 Å². The standard InChI is InChI=1S/C44H81O10P/c1-3-5-7-9-11-13-15-17-18-19-20-21-22-24-26-28-30-32-34-36-44(48)54-42(38-46)40-52-55(49,50)51-39-41(37-45)53-43(47)35-33-31-29-27-25-23-16-14-12-10-8-6-4-2/h11,13,17-18,20-21,41-42,45-46H,3-10,12,14-16,19,22-40H2,1-2H3,(H,49,50)/b13-11-,18-17-,21-20-. The first-order chi connectivity index (χ1) is 26.8. The maximum Gasteiger partial charge on any atom is 0.472 e. The SMILES string of the molecule is CCCCC/C=C\C/C=C\C/C=C\CCCCCCCCC(=O)OC(CO)COP(=O)(O)OCC(CO)OC(=O)CCCCCCCCCCCCCCC. The fourth-order valence-corrected chi connectivity index (χ4v) is 6.73. The first-order valence-electron chi connectivity index (χ1n) is 21.9. The molecule has 0 rings (SSSR count). The molecule has 3 atom stereocenters. The van der Waals surface area contributed by atoms with Crippen molar-refractivity contribution in [2.45, 2.75) is 206 Å². The third-order valence-electron chi connectivity index (χ3n) is 9.36. The molecule has 0 aromatic carbocycles. The highest BCUT2D eigenvalue weighted by Gasteiger charge is 2.27. The van der Waals surface area contributed by atoms with Crippen LogP contribution in [0.25, 0.3) is 0 Å². The van der Waals surface area contributed by atoms with Gasteiger partial charge in [-0.2, -0.15) is 0 Å². The quantitative estimate of drug-likeness (QED) is 0.0236. The lowest BCUT2D eigenvalue weighted by Crippen LogP contribution is -2.28. The Morgan fingerprint density at radius 3 is 1.18 bits per heavy atom. The number of aliphatic hydroxyl groups excluding tert-OH is 2. The first-order valence-corrected chi connectivity index (χ1v) is 23.4. The van der Waals surface area contributed by atoms with Crippen LogP contribution >= 0.6 is 7.82 Å². The number of phosphoric acid groups is 1. The molecule has 0 aromatic rings. The number of carbonyl (C=O) groups is 2. The summed E-state index contributed by atoms with van der Waals surface area (Å²) in [5.41, 5.74) is 0. The van der Waals surface area contributed by atoms with Crippen molar-refractivity contribution in [2.24, 2.45) is 0 Å². The number of esters is 2. The molecule has 0 aliphatic heterocycles. The van der Waals surface area contributed by atoms with Crippen molar-refractivity contribution in [3.63, 3.8) is 0 Å². The Morgan fingerprint density at radius 2 is 0.800 bits per heavy atom. The van der Waals surface area contributed by atoms with E-state index in [0.717, 1.165) is 70.6 Å². The minimum atomic E-state index is -4.64. The monoisotopic (exact) mass is 801 g/mol. The van der Waals surface area contributed by atoms with Crippen LogP contribution in [0.5, 0.6) is 0 Å². The number of rotatable bonds is 41. The van der Waals surface area contributed by atoms with E-state index in [0.29, 0.717) is 12.8 Å². The van der Waals surface area contributed by atoms with Crippen molar-refractivity contribution in [3.8, 4) is 0 Å². The average Bonchev–Trinajstić information content (AvgIpc) is 3.17. The number of phosphoric ester groups is 1. The van der Waals surface area contributed by atoms with Gasteiger partial charge in [0.25, 0.3) is 0 Å². The summed E-state index contributed by atoms with van der Waals surface area (Å²) in [5.74, 6) is -1.03. The largest absolute Gasteiger partial charge is 0.472 e. The average molecular weight is 801 g/mol. The Kier molecular flexibility index (Phi) is 39.1. The zero-order valence-corrected chi connectivity index (χ0v) is 35.8. The van der Waals surface area contributed by atoms with Gasteiger partial charge in [-0.05, 0) is 51.4 Å². The van der Waals surface area contributed by atoms with Crippen LogP contribution in [0.15, 0.2) is 36.5 Å². The summed E-state index contributed by atoms with van der Waals surface area (Å²) in [7, 11) is -4.64. The van der Waals surface area contributed by atoms with E-state index in [1.54, 1.807) is 0 Å². The van der Waals surface area contributed by atoms with Gasteiger partial charge < -0.3 is 24.6 Å². The second-order valence-electron chi connectivity index (χ2n) is 14.7. The van der Waals surface area contributed by atoms with Gasteiger partial charge >= 0.3 is 19.8 Å². The van der Waals surface area contributed by atoms with Crippen molar-refractivity contribution in [3.05, 3.63) is 36.5 Å². The minimum Gasteiger partial charge on any atom is -0.457 e. The summed E-state index contributed by atoms with van der Waals surface area (Å²) in [6.07, 6.45) is 41.1. The zero-order valence-electron chi connectivity index (χ0n) is 34.9. The molecule has 0 saturated heterocycles. The van der Waals surface area contributed by atoms with Gasteiger partial charge in [0, 0.05) is 12.8 Å². The summed E-state index contributed by atoms with van der Waals surface area (Å²) in [4.78, 5) is 34.5. The summed E-state index contributed by atoms with van der Waals surface area (Å²) < 4.78 is 32.6. The molecule has 10 nitrogen and oxygen atoms in total. The fraction of sp³-hybridized carbons (Fsp3) is 0.818. The van der Waals surface area contributed by atoms with Crippen molar-refractivity contribution in [2.75, 3.05) is 26.4 Å². The molecule has 0 saturated carbocycles. The van der Waals surface area contributed by atoms with Crippen molar-refractivity contribution in [1.82, 2.24) is 0 Å². The second kappa shape index (κ2) is 40.4. The molecule has 0 aromatic heterocycles. The molecule has 0 aliphatic carbocycles. The molecule has 0 amide bonds. The van der Waals surface area contributed by atoms with Crippen LogP contribution in [-0.4, -0.2) is 65.7 Å². The van der Waals surface area contributed by atoms with Crippen molar-refractivity contribution >= 4 is 19.8 Å². The van der Waals surface area contributed by atoms with E-state index in [4.69, 9.17) is 18.5 Å². The lowest BCUT2D eigenvalue weighted by atomic mass is 10.0. The van der Waals surface area contributed by atoms with Gasteiger partial charge in [0.05, 0.1) is 26.4 Å². The maximum absolute atomic E-state index is 12.4. The highest BCUT2D eigenvalue weighted by Crippen LogP contribution is 2.43. The first kappa shape index (κ1) is 53.2. The third-order valence-corrected chi connectivity index (χ3v) is 10.3. The molecule has 3 N–H and O–H groups in total. The van der Waals surface area contributed by atoms with Crippen LogP contribution in [0.1, 0.15) is 194 Å². The fourth-order valence-electron chi connectivity index (χ4n) is 5.95. The number of hydrogen-bond donors (Lipinski definition) is 3. The number of carbonyl (C=O) groups excluding carboxylic acids is 2. The van der Waals surface area contributed by atoms with E-state index < -0.39 is 58.4 Å². The highest BCUT2D eigenvalue weighted by atomic mass is 31.2. The van der Waals surface area contributed by atoms with Crippen LogP contribution in [0, 0.1) is 0 Å². The summed E-state index contributed by atoms with van der Waals surface area (Å²) in [6.45, 7) is 2.17. The Balaban J connectivity index is 3.93. The lowest BCUT2D eigenvalue weighted by molar-refractivity contribution is -0.153. The third kappa shape index (κ3) is 38.8. The molecule has 0 aliphatic rings. The number of aliphatic hydroxyl groups is 2. The summed E-state index contributed by atoms with van der Waals surface area (Å²) in [5, 5.41) is 19.2. The molecular weight excluding hydrogens is 719 g/mol. The number of ether oxygens (including phenoxy) is 2. The van der Waals surface area contributed by atoms with Crippen molar-refractivity contribution in [1.29, 1.82) is 0 Å². The molecule has 3 unspecified atom stereocenters.